The molecule has 16 heavy (non-hydrogen) atoms. The monoisotopic (exact) mass is 230 g/mol. The molecule has 3 heteroatoms. The predicted octanol–water partition coefficient (Wildman–Crippen LogP) is 2.30. The van der Waals surface area contributed by atoms with Crippen LogP contribution in [0, 0.1) is 0 Å². The first-order valence-corrected chi connectivity index (χ1v) is 6.56. The Labute approximate surface area is 101 Å². The third-order valence-electron chi connectivity index (χ3n) is 3.25. The number of unbranched alkanes of at least 4 members (excludes halogenated alkanes) is 3. The highest BCUT2D eigenvalue weighted by molar-refractivity contribution is 4.84. The maximum absolute atomic E-state index is 5.85. The second-order valence-corrected chi connectivity index (χ2v) is 5.00. The Hall–Kier alpha value is -0.120. The van der Waals surface area contributed by atoms with Crippen molar-refractivity contribution < 1.29 is 4.74 Å². The van der Waals surface area contributed by atoms with Gasteiger partial charge in [-0.15, -0.1) is 0 Å². The zero-order chi connectivity index (χ0) is 12.4. The van der Waals surface area contributed by atoms with E-state index in [0.29, 0.717) is 6.54 Å². The third-order valence-corrected chi connectivity index (χ3v) is 3.25. The minimum Gasteiger partial charge on any atom is -0.380 e. The van der Waals surface area contributed by atoms with Gasteiger partial charge in [-0.05, 0) is 20.3 Å². The number of rotatable bonds is 10. The Morgan fingerprint density at radius 2 is 2.00 bits per heavy atom. The highest BCUT2D eigenvalue weighted by Crippen LogP contribution is 2.14. The van der Waals surface area contributed by atoms with Crippen molar-refractivity contribution in [1.29, 1.82) is 0 Å². The van der Waals surface area contributed by atoms with Gasteiger partial charge >= 0.3 is 0 Å². The number of hydrogen-bond acceptors (Lipinski definition) is 3. The highest BCUT2D eigenvalue weighted by atomic mass is 16.5. The van der Waals surface area contributed by atoms with Crippen LogP contribution < -0.4 is 11.1 Å². The normalized spacial score (nSPS) is 17.1. The summed E-state index contributed by atoms with van der Waals surface area (Å²) in [4.78, 5) is 0. The number of nitrogens with two attached hydrogens (primary N) is 1. The van der Waals surface area contributed by atoms with Crippen LogP contribution in [0.2, 0.25) is 0 Å². The van der Waals surface area contributed by atoms with E-state index in [4.69, 9.17) is 10.5 Å². The molecule has 2 unspecified atom stereocenters. The SMILES string of the molecule is CCCCCCC(C)(CN)NCC(C)OC. The maximum Gasteiger partial charge on any atom is 0.0667 e. The lowest BCUT2D eigenvalue weighted by Gasteiger charge is -2.31. The Bertz CT molecular complexity index is 164. The van der Waals surface area contributed by atoms with Crippen molar-refractivity contribution >= 4 is 0 Å². The number of nitrogens with one attached hydrogen (secondary N) is 1. The minimum atomic E-state index is 0.0700. The van der Waals surface area contributed by atoms with Crippen LogP contribution in [0.4, 0.5) is 0 Å². The average molecular weight is 230 g/mol. The molecule has 0 rings (SSSR count). The summed E-state index contributed by atoms with van der Waals surface area (Å²) < 4.78 is 5.23. The molecule has 2 atom stereocenters. The molecule has 0 radical (unpaired) electrons. The molecule has 0 bridgehead atoms. The molecule has 0 aromatic rings. The second kappa shape index (κ2) is 8.97. The van der Waals surface area contributed by atoms with Gasteiger partial charge in [0.2, 0.25) is 0 Å². The predicted molar refractivity (Wildman–Crippen MR) is 70.7 cm³/mol. The van der Waals surface area contributed by atoms with Crippen molar-refractivity contribution in [3.05, 3.63) is 0 Å². The molecule has 98 valence electrons. The first-order chi connectivity index (χ1) is 7.58. The van der Waals surface area contributed by atoms with Gasteiger partial charge in [-0.3, -0.25) is 0 Å². The van der Waals surface area contributed by atoms with Gasteiger partial charge < -0.3 is 15.8 Å². The quantitative estimate of drug-likeness (QED) is 0.566. The Balaban J connectivity index is 3.81. The van der Waals surface area contributed by atoms with Gasteiger partial charge in [-0.1, -0.05) is 32.6 Å². The lowest BCUT2D eigenvalue weighted by molar-refractivity contribution is 0.107. The van der Waals surface area contributed by atoms with Crippen LogP contribution in [-0.4, -0.2) is 31.8 Å². The zero-order valence-corrected chi connectivity index (χ0v) is 11.5. The van der Waals surface area contributed by atoms with Gasteiger partial charge in [0.1, 0.15) is 0 Å². The van der Waals surface area contributed by atoms with Crippen LogP contribution in [-0.2, 0) is 4.74 Å². The highest BCUT2D eigenvalue weighted by Gasteiger charge is 2.21. The van der Waals surface area contributed by atoms with E-state index < -0.39 is 0 Å². The Morgan fingerprint density at radius 3 is 2.50 bits per heavy atom. The molecular formula is C13H30N2O. The van der Waals surface area contributed by atoms with Crippen LogP contribution in [0.3, 0.4) is 0 Å². The summed E-state index contributed by atoms with van der Waals surface area (Å²) in [6.45, 7) is 8.08. The van der Waals surface area contributed by atoms with Crippen molar-refractivity contribution in [3.63, 3.8) is 0 Å². The lowest BCUT2D eigenvalue weighted by Crippen LogP contribution is -2.50. The molecule has 0 spiro atoms. The zero-order valence-electron chi connectivity index (χ0n) is 11.5. The van der Waals surface area contributed by atoms with Gasteiger partial charge in [0.05, 0.1) is 6.10 Å². The molecule has 0 heterocycles. The van der Waals surface area contributed by atoms with E-state index in [1.807, 2.05) is 0 Å². The molecule has 3 N–H and O–H groups in total. The minimum absolute atomic E-state index is 0.0700. The van der Waals surface area contributed by atoms with E-state index in [2.05, 4.69) is 26.1 Å². The van der Waals surface area contributed by atoms with Gasteiger partial charge in [0.15, 0.2) is 0 Å². The molecule has 0 fully saturated rings. The molecule has 0 aliphatic carbocycles. The average Bonchev–Trinajstić information content (AvgIpc) is 2.31. The van der Waals surface area contributed by atoms with Crippen molar-refractivity contribution in [2.75, 3.05) is 20.2 Å². The van der Waals surface area contributed by atoms with Gasteiger partial charge in [0, 0.05) is 25.7 Å². The fourth-order valence-electron chi connectivity index (χ4n) is 1.68. The third kappa shape index (κ3) is 7.20. The van der Waals surface area contributed by atoms with Crippen molar-refractivity contribution in [2.24, 2.45) is 5.73 Å². The summed E-state index contributed by atoms with van der Waals surface area (Å²) in [5.41, 5.74) is 5.92. The summed E-state index contributed by atoms with van der Waals surface area (Å²) in [5, 5.41) is 3.52. The molecule has 0 aromatic carbocycles. The van der Waals surface area contributed by atoms with Crippen molar-refractivity contribution in [2.45, 2.75) is 64.5 Å². The smallest absolute Gasteiger partial charge is 0.0667 e. The molecule has 0 aliphatic rings. The van der Waals surface area contributed by atoms with Crippen LogP contribution in [0.5, 0.6) is 0 Å². The van der Waals surface area contributed by atoms with E-state index >= 15 is 0 Å². The molecule has 0 aromatic heterocycles. The first-order valence-electron chi connectivity index (χ1n) is 6.56. The molecule has 0 amide bonds. The van der Waals surface area contributed by atoms with Crippen LogP contribution in [0.15, 0.2) is 0 Å². The van der Waals surface area contributed by atoms with Crippen molar-refractivity contribution in [3.8, 4) is 0 Å². The largest absolute Gasteiger partial charge is 0.380 e. The maximum atomic E-state index is 5.85. The van der Waals surface area contributed by atoms with Crippen LogP contribution >= 0.6 is 0 Å². The fraction of sp³-hybridized carbons (Fsp3) is 1.00. The van der Waals surface area contributed by atoms with E-state index in [0.717, 1.165) is 13.0 Å². The summed E-state index contributed by atoms with van der Waals surface area (Å²) in [5.74, 6) is 0. The van der Waals surface area contributed by atoms with E-state index in [9.17, 15) is 0 Å². The summed E-state index contributed by atoms with van der Waals surface area (Å²) in [7, 11) is 1.74. The molecule has 0 saturated heterocycles. The summed E-state index contributed by atoms with van der Waals surface area (Å²) in [6.07, 6.45) is 6.59. The van der Waals surface area contributed by atoms with Crippen LogP contribution in [0.1, 0.15) is 52.9 Å². The Morgan fingerprint density at radius 1 is 1.31 bits per heavy atom. The lowest BCUT2D eigenvalue weighted by atomic mass is 9.94. The standard InChI is InChI=1S/C13H30N2O/c1-5-6-7-8-9-13(3,11-14)15-10-12(2)16-4/h12,15H,5-11,14H2,1-4H3. The molecule has 0 aliphatic heterocycles. The molecule has 0 saturated carbocycles. The number of ether oxygens (including phenoxy) is 1. The fourth-order valence-corrected chi connectivity index (χ4v) is 1.68. The first kappa shape index (κ1) is 15.9. The molecule has 3 nitrogen and oxygen atoms in total. The summed E-state index contributed by atoms with van der Waals surface area (Å²) in [6, 6.07) is 0. The van der Waals surface area contributed by atoms with E-state index in [1.165, 1.54) is 25.7 Å². The number of hydrogen-bond donors (Lipinski definition) is 2. The van der Waals surface area contributed by atoms with E-state index in [-0.39, 0.29) is 11.6 Å². The van der Waals surface area contributed by atoms with Gasteiger partial charge in [-0.2, -0.15) is 0 Å². The van der Waals surface area contributed by atoms with E-state index in [1.54, 1.807) is 7.11 Å². The van der Waals surface area contributed by atoms with Gasteiger partial charge in [0.25, 0.3) is 0 Å². The summed E-state index contributed by atoms with van der Waals surface area (Å²) >= 11 is 0. The molecular weight excluding hydrogens is 200 g/mol. The van der Waals surface area contributed by atoms with Crippen LogP contribution in [0.25, 0.3) is 0 Å². The second-order valence-electron chi connectivity index (χ2n) is 5.00. The Kier molecular flexibility index (Phi) is 8.90. The van der Waals surface area contributed by atoms with Gasteiger partial charge in [-0.25, -0.2) is 0 Å². The topological polar surface area (TPSA) is 47.3 Å². The number of methoxy groups -OCH3 is 1. The van der Waals surface area contributed by atoms with Crippen molar-refractivity contribution in [1.82, 2.24) is 5.32 Å².